The number of rotatable bonds is 5. The van der Waals surface area contributed by atoms with Gasteiger partial charge in [0.2, 0.25) is 0 Å². The molecule has 2 nitrogen and oxygen atoms in total. The molecule has 2 aliphatic rings. The lowest BCUT2D eigenvalue weighted by Gasteiger charge is -2.32. The molecule has 0 N–H and O–H groups in total. The first kappa shape index (κ1) is 30.2. The summed E-state index contributed by atoms with van der Waals surface area (Å²) in [6.45, 7) is 5.99. The van der Waals surface area contributed by atoms with Crippen LogP contribution in [-0.2, 0) is 5.41 Å². The second-order valence-electron chi connectivity index (χ2n) is 13.6. The summed E-state index contributed by atoms with van der Waals surface area (Å²) in [5, 5.41) is 2.13. The molecule has 7 aromatic carbocycles. The Morgan fingerprint density at radius 3 is 1.71 bits per heavy atom. The lowest BCUT2D eigenvalue weighted by Crippen LogP contribution is -2.26. The number of allylic oxidation sites excluding steroid dienone is 1. The number of furan rings is 1. The van der Waals surface area contributed by atoms with Gasteiger partial charge in [0, 0.05) is 27.5 Å². The summed E-state index contributed by atoms with van der Waals surface area (Å²) in [6.07, 6.45) is 5.84. The van der Waals surface area contributed by atoms with E-state index in [1.165, 1.54) is 50.1 Å². The highest BCUT2D eigenvalue weighted by molar-refractivity contribution is 5.98. The topological polar surface area (TPSA) is 16.4 Å². The number of anilines is 3. The molecule has 1 spiro atoms. The van der Waals surface area contributed by atoms with Gasteiger partial charge in [0.05, 0.1) is 11.1 Å². The zero-order chi connectivity index (χ0) is 34.8. The molecule has 2 heteroatoms. The molecule has 10 rings (SSSR count). The van der Waals surface area contributed by atoms with Crippen LogP contribution in [0.25, 0.3) is 56.5 Å². The molecule has 0 radical (unpaired) electrons. The average Bonchev–Trinajstić information content (AvgIpc) is 3.82. The van der Waals surface area contributed by atoms with Gasteiger partial charge in [0.1, 0.15) is 11.0 Å². The van der Waals surface area contributed by atoms with Crippen molar-refractivity contribution in [2.24, 2.45) is 0 Å². The largest absolute Gasteiger partial charge is 0.456 e. The Kier molecular flexibility index (Phi) is 6.81. The van der Waals surface area contributed by atoms with Crippen LogP contribution in [0.5, 0.6) is 0 Å². The monoisotopic (exact) mass is 665 g/mol. The molecular formula is C50H35NO. The van der Waals surface area contributed by atoms with E-state index in [2.05, 4.69) is 188 Å². The van der Waals surface area contributed by atoms with Gasteiger partial charge in [0.15, 0.2) is 0 Å². The van der Waals surface area contributed by atoms with Crippen molar-refractivity contribution in [3.05, 3.63) is 209 Å². The van der Waals surface area contributed by atoms with E-state index in [4.69, 9.17) is 4.42 Å². The third kappa shape index (κ3) is 4.18. The van der Waals surface area contributed by atoms with E-state index in [0.717, 1.165) is 44.2 Å². The van der Waals surface area contributed by atoms with Crippen molar-refractivity contribution in [1.29, 1.82) is 0 Å². The van der Waals surface area contributed by atoms with Crippen LogP contribution < -0.4 is 15.5 Å². The van der Waals surface area contributed by atoms with Crippen molar-refractivity contribution < 1.29 is 4.42 Å². The van der Waals surface area contributed by atoms with Gasteiger partial charge in [0.25, 0.3) is 0 Å². The van der Waals surface area contributed by atoms with Gasteiger partial charge in [-0.25, -0.2) is 0 Å². The maximum absolute atomic E-state index is 6.32. The van der Waals surface area contributed by atoms with E-state index in [0.29, 0.717) is 0 Å². The number of hydrogen-bond acceptors (Lipinski definition) is 2. The third-order valence-electron chi connectivity index (χ3n) is 11.0. The van der Waals surface area contributed by atoms with Gasteiger partial charge in [-0.2, -0.15) is 0 Å². The van der Waals surface area contributed by atoms with Gasteiger partial charge in [-0.3, -0.25) is 0 Å². The molecule has 0 atom stereocenters. The van der Waals surface area contributed by atoms with Crippen molar-refractivity contribution in [2.45, 2.75) is 12.3 Å². The highest BCUT2D eigenvalue weighted by Gasteiger charge is 2.51. The molecule has 2 aliphatic carbocycles. The van der Waals surface area contributed by atoms with Crippen molar-refractivity contribution in [3.8, 4) is 33.4 Å². The SMILES string of the molecule is C=C/C=c1/oc2ccc(N(c3ccc4c(c3)C3(c5ccccc5-c5ccccc53)c3ccccc3-4)c3ccccc3-c3ccccc3)cc2/c1=C/C. The summed E-state index contributed by atoms with van der Waals surface area (Å²) >= 11 is 0. The quantitative estimate of drug-likeness (QED) is 0.182. The molecule has 0 amide bonds. The normalized spacial score (nSPS) is 13.9. The predicted molar refractivity (Wildman–Crippen MR) is 217 cm³/mol. The predicted octanol–water partition coefficient (Wildman–Crippen LogP) is 11.7. The standard InChI is InChI=1S/C50H35NO/c1-3-16-48-36(4-2)42-31-34(28-30-49(42)52-48)51(47-26-15-11-19-37(47)33-17-6-5-7-18-33)35-27-29-41-40-22-10-14-25-45(40)50(46(41)32-35)43-23-12-8-20-38(43)39-21-9-13-24-44(39)50/h3-32H,1H2,2H3/b36-4-,48-16+. The van der Waals surface area contributed by atoms with Crippen molar-refractivity contribution in [2.75, 3.05) is 4.90 Å². The molecule has 0 bridgehead atoms. The second kappa shape index (κ2) is 11.7. The van der Waals surface area contributed by atoms with Gasteiger partial charge >= 0.3 is 0 Å². The summed E-state index contributed by atoms with van der Waals surface area (Å²) in [5.41, 5.74) is 17.3. The number of nitrogens with zero attached hydrogens (tertiary/aromatic N) is 1. The first-order chi connectivity index (χ1) is 25.7. The van der Waals surface area contributed by atoms with E-state index in [1.54, 1.807) is 6.08 Å². The Morgan fingerprint density at radius 1 is 0.538 bits per heavy atom. The van der Waals surface area contributed by atoms with Crippen LogP contribution in [0.4, 0.5) is 17.1 Å². The van der Waals surface area contributed by atoms with Crippen LogP contribution in [0, 0.1) is 0 Å². The fourth-order valence-electron chi connectivity index (χ4n) is 8.97. The minimum absolute atomic E-state index is 0.436. The fourth-order valence-corrected chi connectivity index (χ4v) is 8.97. The van der Waals surface area contributed by atoms with Crippen LogP contribution in [0.3, 0.4) is 0 Å². The summed E-state index contributed by atoms with van der Waals surface area (Å²) in [4.78, 5) is 2.43. The van der Waals surface area contributed by atoms with Crippen LogP contribution >= 0.6 is 0 Å². The van der Waals surface area contributed by atoms with Crippen LogP contribution in [-0.4, -0.2) is 0 Å². The Labute approximate surface area is 303 Å². The molecule has 52 heavy (non-hydrogen) atoms. The molecule has 0 saturated carbocycles. The van der Waals surface area contributed by atoms with E-state index < -0.39 is 5.41 Å². The number of hydrogen-bond donors (Lipinski definition) is 0. The van der Waals surface area contributed by atoms with Crippen molar-refractivity contribution in [1.82, 2.24) is 0 Å². The summed E-state index contributed by atoms with van der Waals surface area (Å²) < 4.78 is 6.32. The van der Waals surface area contributed by atoms with Gasteiger partial charge in [-0.15, -0.1) is 0 Å². The van der Waals surface area contributed by atoms with Crippen LogP contribution in [0.15, 0.2) is 181 Å². The first-order valence-electron chi connectivity index (χ1n) is 17.9. The van der Waals surface area contributed by atoms with Gasteiger partial charge in [-0.1, -0.05) is 146 Å². The van der Waals surface area contributed by atoms with E-state index in [1.807, 2.05) is 6.08 Å². The lowest BCUT2D eigenvalue weighted by atomic mass is 9.70. The third-order valence-corrected chi connectivity index (χ3v) is 11.0. The molecular weight excluding hydrogens is 631 g/mol. The van der Waals surface area contributed by atoms with Crippen LogP contribution in [0.1, 0.15) is 29.2 Å². The minimum atomic E-state index is -0.436. The average molecular weight is 666 g/mol. The molecule has 246 valence electrons. The highest BCUT2D eigenvalue weighted by atomic mass is 16.3. The molecule has 0 saturated heterocycles. The molecule has 0 fully saturated rings. The van der Waals surface area contributed by atoms with Gasteiger partial charge in [-0.05, 0) is 99.5 Å². The number of fused-ring (bicyclic) bond motifs is 11. The van der Waals surface area contributed by atoms with E-state index in [9.17, 15) is 0 Å². The van der Waals surface area contributed by atoms with Crippen LogP contribution in [0.2, 0.25) is 0 Å². The molecule has 1 aromatic heterocycles. The fraction of sp³-hybridized carbons (Fsp3) is 0.0400. The summed E-state index contributed by atoms with van der Waals surface area (Å²) in [6, 6.07) is 60.1. The Balaban J connectivity index is 1.28. The Morgan fingerprint density at radius 2 is 1.08 bits per heavy atom. The Hall–Kier alpha value is -6.64. The molecule has 8 aromatic rings. The number of para-hydroxylation sites is 1. The van der Waals surface area contributed by atoms with E-state index >= 15 is 0 Å². The summed E-state index contributed by atoms with van der Waals surface area (Å²) in [7, 11) is 0. The smallest absolute Gasteiger partial charge is 0.135 e. The maximum Gasteiger partial charge on any atom is 0.135 e. The highest BCUT2D eigenvalue weighted by Crippen LogP contribution is 2.63. The van der Waals surface area contributed by atoms with E-state index in [-0.39, 0.29) is 0 Å². The maximum atomic E-state index is 6.32. The minimum Gasteiger partial charge on any atom is -0.456 e. The molecule has 1 heterocycles. The zero-order valence-electron chi connectivity index (χ0n) is 28.9. The first-order valence-corrected chi connectivity index (χ1v) is 17.9. The number of benzene rings is 7. The van der Waals surface area contributed by atoms with Crippen molar-refractivity contribution >= 4 is 40.2 Å². The van der Waals surface area contributed by atoms with Gasteiger partial charge < -0.3 is 9.32 Å². The van der Waals surface area contributed by atoms with Crippen molar-refractivity contribution in [3.63, 3.8) is 0 Å². The summed E-state index contributed by atoms with van der Waals surface area (Å²) in [5.74, 6) is 0. The molecule has 0 aliphatic heterocycles. The molecule has 0 unspecified atom stereocenters. The Bertz CT molecular complexity index is 2780. The zero-order valence-corrected chi connectivity index (χ0v) is 28.9. The second-order valence-corrected chi connectivity index (χ2v) is 13.6. The lowest BCUT2D eigenvalue weighted by molar-refractivity contribution is 0.575.